The van der Waals surface area contributed by atoms with Crippen LogP contribution in [0.2, 0.25) is 10.0 Å². The third kappa shape index (κ3) is 5.83. The minimum atomic E-state index is -0.775. The van der Waals surface area contributed by atoms with E-state index in [4.69, 9.17) is 32.7 Å². The molecule has 42 heavy (non-hydrogen) atoms. The first-order valence-electron chi connectivity index (χ1n) is 12.4. The fourth-order valence-corrected chi connectivity index (χ4v) is 5.54. The second-order valence-electron chi connectivity index (χ2n) is 8.96. The zero-order valence-corrected chi connectivity index (χ0v) is 26.5. The van der Waals surface area contributed by atoms with Crippen molar-refractivity contribution in [3.8, 4) is 11.5 Å². The highest BCUT2D eigenvalue weighted by atomic mass is 79.9. The van der Waals surface area contributed by atoms with Gasteiger partial charge in [0.15, 0.2) is 11.5 Å². The number of carbonyl (C=O) groups excluding carboxylic acids is 3. The molecular formula is C31H20Br2Cl2N2O5. The van der Waals surface area contributed by atoms with Crippen molar-refractivity contribution in [3.63, 3.8) is 0 Å². The summed E-state index contributed by atoms with van der Waals surface area (Å²) in [6.07, 6.45) is 1.42. The third-order valence-corrected chi connectivity index (χ3v) is 9.20. The lowest BCUT2D eigenvalue weighted by molar-refractivity contribution is -0.121. The van der Waals surface area contributed by atoms with E-state index in [1.165, 1.54) is 13.2 Å². The smallest absolute Gasteiger partial charge is 0.343 e. The zero-order chi connectivity index (χ0) is 30.0. The molecular weight excluding hydrogens is 711 g/mol. The van der Waals surface area contributed by atoms with Gasteiger partial charge in [-0.05, 0) is 91.5 Å². The monoisotopic (exact) mass is 728 g/mol. The lowest BCUT2D eigenvalue weighted by Crippen LogP contribution is -2.57. The first-order valence-corrected chi connectivity index (χ1v) is 14.7. The van der Waals surface area contributed by atoms with Gasteiger partial charge in [0.1, 0.15) is 12.2 Å². The number of benzene rings is 4. The van der Waals surface area contributed by atoms with E-state index in [9.17, 15) is 14.4 Å². The number of amides is 4. The molecule has 4 aromatic carbocycles. The summed E-state index contributed by atoms with van der Waals surface area (Å²) in [4.78, 5) is 43.0. The quantitative estimate of drug-likeness (QED) is 0.141. The van der Waals surface area contributed by atoms with Gasteiger partial charge in [-0.15, -0.1) is 0 Å². The molecule has 4 amide bonds. The maximum absolute atomic E-state index is 13.7. The van der Waals surface area contributed by atoms with Gasteiger partial charge in [0.05, 0.1) is 33.0 Å². The van der Waals surface area contributed by atoms with Crippen molar-refractivity contribution < 1.29 is 23.9 Å². The molecule has 4 aromatic rings. The molecule has 212 valence electrons. The van der Waals surface area contributed by atoms with Crippen molar-refractivity contribution in [3.05, 3.63) is 121 Å². The fraction of sp³-hybridized carbons (Fsp3) is 0.0645. The second kappa shape index (κ2) is 12.7. The highest BCUT2D eigenvalue weighted by Crippen LogP contribution is 2.44. The Labute approximate surface area is 268 Å². The maximum atomic E-state index is 13.7. The first kappa shape index (κ1) is 29.8. The number of ether oxygens (including phenoxy) is 2. The Morgan fingerprint density at radius 1 is 0.762 bits per heavy atom. The molecule has 0 unspecified atom stereocenters. The number of nitrogens with zero attached hydrogens (tertiary/aromatic N) is 2. The van der Waals surface area contributed by atoms with Crippen LogP contribution in [0.5, 0.6) is 11.5 Å². The van der Waals surface area contributed by atoms with Crippen LogP contribution in [0.4, 0.5) is 16.2 Å². The summed E-state index contributed by atoms with van der Waals surface area (Å²) in [6, 6.07) is 22.9. The van der Waals surface area contributed by atoms with E-state index >= 15 is 0 Å². The molecule has 0 spiro atoms. The Bertz CT molecular complexity index is 1670. The number of para-hydroxylation sites is 2. The zero-order valence-electron chi connectivity index (χ0n) is 21.8. The first-order chi connectivity index (χ1) is 20.2. The molecule has 11 heteroatoms. The number of imide groups is 2. The molecule has 7 nitrogen and oxygen atoms in total. The molecule has 5 rings (SSSR count). The average Bonchev–Trinajstić information content (AvgIpc) is 2.99. The number of anilines is 2. The normalized spacial score (nSPS) is 13.5. The molecule has 1 aliphatic heterocycles. The van der Waals surface area contributed by atoms with E-state index in [1.807, 2.05) is 0 Å². The molecule has 0 N–H and O–H groups in total. The van der Waals surface area contributed by atoms with Crippen LogP contribution in [0.3, 0.4) is 0 Å². The van der Waals surface area contributed by atoms with Gasteiger partial charge >= 0.3 is 6.03 Å². The predicted molar refractivity (Wildman–Crippen MR) is 170 cm³/mol. The number of halogens is 4. The highest BCUT2D eigenvalue weighted by molar-refractivity contribution is 9.13. The fourth-order valence-electron chi connectivity index (χ4n) is 4.28. The Balaban J connectivity index is 1.57. The number of carbonyl (C=O) groups is 3. The highest BCUT2D eigenvalue weighted by Gasteiger charge is 2.43. The van der Waals surface area contributed by atoms with Crippen molar-refractivity contribution >= 4 is 90.4 Å². The van der Waals surface area contributed by atoms with Gasteiger partial charge in [-0.2, -0.15) is 0 Å². The van der Waals surface area contributed by atoms with Crippen molar-refractivity contribution in [2.75, 3.05) is 16.9 Å². The van der Waals surface area contributed by atoms with Gasteiger partial charge in [-0.3, -0.25) is 9.59 Å². The molecule has 1 heterocycles. The van der Waals surface area contributed by atoms with Crippen LogP contribution in [0, 0.1) is 0 Å². The average molecular weight is 731 g/mol. The van der Waals surface area contributed by atoms with E-state index in [0.29, 0.717) is 47.4 Å². The summed E-state index contributed by atoms with van der Waals surface area (Å²) < 4.78 is 12.6. The van der Waals surface area contributed by atoms with E-state index in [-0.39, 0.29) is 12.2 Å². The predicted octanol–water partition coefficient (Wildman–Crippen LogP) is 8.69. The van der Waals surface area contributed by atoms with E-state index in [2.05, 4.69) is 31.9 Å². The van der Waals surface area contributed by atoms with Gasteiger partial charge in [0, 0.05) is 4.47 Å². The van der Waals surface area contributed by atoms with Crippen LogP contribution < -0.4 is 19.3 Å². The van der Waals surface area contributed by atoms with Crippen LogP contribution in [-0.4, -0.2) is 25.0 Å². The summed E-state index contributed by atoms with van der Waals surface area (Å²) in [6.45, 7) is 0.163. The van der Waals surface area contributed by atoms with Crippen LogP contribution in [0.25, 0.3) is 6.08 Å². The van der Waals surface area contributed by atoms with Crippen molar-refractivity contribution in [1.82, 2.24) is 0 Å². The topological polar surface area (TPSA) is 76.2 Å². The molecule has 1 fully saturated rings. The Hall–Kier alpha value is -3.63. The number of hydrogen-bond acceptors (Lipinski definition) is 5. The van der Waals surface area contributed by atoms with Gasteiger partial charge in [-0.25, -0.2) is 14.6 Å². The lowest BCUT2D eigenvalue weighted by Gasteiger charge is -2.34. The summed E-state index contributed by atoms with van der Waals surface area (Å²) >= 11 is 19.3. The van der Waals surface area contributed by atoms with Gasteiger partial charge < -0.3 is 9.47 Å². The minimum absolute atomic E-state index is 0.163. The molecule has 1 aliphatic rings. The number of barbiturate groups is 1. The molecule has 1 saturated heterocycles. The number of methoxy groups -OCH3 is 1. The summed E-state index contributed by atoms with van der Waals surface area (Å²) in [7, 11) is 1.47. The SMILES string of the molecule is COc1cc(C=C2C(=O)N(c3ccccc3)C(=O)N(c3ccccc3)C2=O)c(Br)c(Br)c1OCc1ccc(Cl)c(Cl)c1. The number of hydrogen-bond donors (Lipinski definition) is 0. The Kier molecular flexibility index (Phi) is 9.03. The van der Waals surface area contributed by atoms with Crippen LogP contribution in [-0.2, 0) is 16.2 Å². The van der Waals surface area contributed by atoms with Crippen LogP contribution in [0.1, 0.15) is 11.1 Å². The number of urea groups is 1. The molecule has 0 aliphatic carbocycles. The molecule has 0 bridgehead atoms. The van der Waals surface area contributed by atoms with E-state index in [0.717, 1.165) is 15.4 Å². The summed E-state index contributed by atoms with van der Waals surface area (Å²) in [5, 5.41) is 0.839. The third-order valence-electron chi connectivity index (χ3n) is 6.32. The Morgan fingerprint density at radius 3 is 1.86 bits per heavy atom. The molecule has 0 radical (unpaired) electrons. The second-order valence-corrected chi connectivity index (χ2v) is 11.4. The van der Waals surface area contributed by atoms with Gasteiger partial charge in [0.2, 0.25) is 0 Å². The van der Waals surface area contributed by atoms with E-state index < -0.39 is 17.8 Å². The van der Waals surface area contributed by atoms with Crippen LogP contribution >= 0.6 is 55.1 Å². The van der Waals surface area contributed by atoms with Crippen molar-refractivity contribution in [1.29, 1.82) is 0 Å². The lowest BCUT2D eigenvalue weighted by atomic mass is 10.0. The molecule has 0 atom stereocenters. The standard InChI is InChI=1S/C31H20Br2Cl2N2O5/c1-41-25-16-19(26(32)27(33)28(25)42-17-18-12-13-23(34)24(35)14-18)15-22-29(38)36(20-8-4-2-5-9-20)31(40)37(30(22)39)21-10-6-3-7-11-21/h2-16H,17H2,1H3. The maximum Gasteiger partial charge on any atom is 0.343 e. The van der Waals surface area contributed by atoms with Crippen molar-refractivity contribution in [2.24, 2.45) is 0 Å². The summed E-state index contributed by atoms with van der Waals surface area (Å²) in [5.41, 5.74) is 1.66. The Morgan fingerprint density at radius 2 is 1.33 bits per heavy atom. The largest absolute Gasteiger partial charge is 0.493 e. The van der Waals surface area contributed by atoms with Gasteiger partial charge in [-0.1, -0.05) is 65.7 Å². The van der Waals surface area contributed by atoms with Crippen molar-refractivity contribution in [2.45, 2.75) is 6.61 Å². The van der Waals surface area contributed by atoms with E-state index in [1.54, 1.807) is 84.9 Å². The molecule has 0 saturated carbocycles. The van der Waals surface area contributed by atoms with Crippen LogP contribution in [0.15, 0.2) is 99.4 Å². The molecule has 0 aromatic heterocycles. The minimum Gasteiger partial charge on any atom is -0.493 e. The summed E-state index contributed by atoms with van der Waals surface area (Å²) in [5.74, 6) is -0.801. The van der Waals surface area contributed by atoms with Gasteiger partial charge in [0.25, 0.3) is 11.8 Å². The number of rotatable bonds is 7.